The fraction of sp³-hybridized carbons (Fsp3) is 0.292. The van der Waals surface area contributed by atoms with Crippen LogP contribution in [0.1, 0.15) is 24.4 Å². The number of rotatable bonds is 11. The van der Waals surface area contributed by atoms with Crippen molar-refractivity contribution in [3.05, 3.63) is 59.1 Å². The van der Waals surface area contributed by atoms with E-state index in [4.69, 9.17) is 14.2 Å². The van der Waals surface area contributed by atoms with Crippen LogP contribution in [0.15, 0.2) is 48.5 Å². The first-order valence-electron chi connectivity index (χ1n) is 10.4. The molecular formula is C24H26N2O5S. The van der Waals surface area contributed by atoms with Crippen molar-refractivity contribution in [2.45, 2.75) is 20.3 Å². The summed E-state index contributed by atoms with van der Waals surface area (Å²) in [6.45, 7) is 5.01. The van der Waals surface area contributed by atoms with Crippen molar-refractivity contribution in [1.82, 2.24) is 10.3 Å². The first kappa shape index (κ1) is 23.3. The zero-order valence-corrected chi connectivity index (χ0v) is 18.9. The van der Waals surface area contributed by atoms with Crippen molar-refractivity contribution in [1.29, 1.82) is 0 Å². The minimum atomic E-state index is -0.590. The number of nitrogens with one attached hydrogen (secondary N) is 1. The number of carbonyl (C=O) groups excluding carboxylic acids is 2. The molecule has 0 aliphatic heterocycles. The molecule has 2 aromatic carbocycles. The Morgan fingerprint density at radius 3 is 2.62 bits per heavy atom. The molecule has 1 amide bonds. The number of carbonyl (C=O) groups is 2. The summed E-state index contributed by atoms with van der Waals surface area (Å²) in [5, 5.41) is 3.45. The molecule has 168 valence electrons. The molecule has 0 spiro atoms. The summed E-state index contributed by atoms with van der Waals surface area (Å²) >= 11 is 1.48. The summed E-state index contributed by atoms with van der Waals surface area (Å²) in [6, 6.07) is 13.4. The summed E-state index contributed by atoms with van der Waals surface area (Å²) < 4.78 is 17.2. The summed E-state index contributed by atoms with van der Waals surface area (Å²) in [7, 11) is 0. The van der Waals surface area contributed by atoms with Crippen LogP contribution < -0.4 is 14.8 Å². The molecule has 0 atom stereocenters. The zero-order valence-electron chi connectivity index (χ0n) is 18.1. The van der Waals surface area contributed by atoms with Crippen LogP contribution in [0.4, 0.5) is 0 Å². The minimum Gasteiger partial charge on any atom is -0.490 e. The Balaban J connectivity index is 1.41. The molecule has 0 radical (unpaired) electrons. The maximum Gasteiger partial charge on any atom is 0.331 e. The van der Waals surface area contributed by atoms with Crippen LogP contribution in [0.5, 0.6) is 11.5 Å². The first-order chi connectivity index (χ1) is 15.6. The normalized spacial score (nSPS) is 10.9. The second-order valence-electron chi connectivity index (χ2n) is 6.71. The fourth-order valence-corrected chi connectivity index (χ4v) is 3.80. The van der Waals surface area contributed by atoms with Gasteiger partial charge in [-0.15, -0.1) is 11.3 Å². The number of thiazole rings is 1. The lowest BCUT2D eigenvalue weighted by Gasteiger charge is -2.12. The molecule has 0 saturated heterocycles. The van der Waals surface area contributed by atoms with E-state index in [2.05, 4.69) is 10.3 Å². The lowest BCUT2D eigenvalue weighted by molar-refractivity contribution is -0.143. The van der Waals surface area contributed by atoms with Gasteiger partial charge in [-0.2, -0.15) is 0 Å². The molecule has 0 bridgehead atoms. The van der Waals surface area contributed by atoms with E-state index in [0.717, 1.165) is 15.8 Å². The van der Waals surface area contributed by atoms with Crippen molar-refractivity contribution >= 4 is 39.5 Å². The molecule has 1 heterocycles. The predicted molar refractivity (Wildman–Crippen MR) is 125 cm³/mol. The molecule has 3 rings (SSSR count). The van der Waals surface area contributed by atoms with Crippen molar-refractivity contribution < 1.29 is 23.8 Å². The van der Waals surface area contributed by atoms with E-state index < -0.39 is 5.97 Å². The number of esters is 1. The average molecular weight is 455 g/mol. The number of fused-ring (bicyclic) bond motifs is 1. The molecule has 8 heteroatoms. The Kier molecular flexibility index (Phi) is 8.62. The molecule has 0 fully saturated rings. The Morgan fingerprint density at radius 1 is 1.06 bits per heavy atom. The summed E-state index contributed by atoms with van der Waals surface area (Å²) in [4.78, 5) is 28.3. The highest BCUT2D eigenvalue weighted by molar-refractivity contribution is 7.19. The third-order valence-electron chi connectivity index (χ3n) is 4.36. The van der Waals surface area contributed by atoms with Crippen LogP contribution in [-0.4, -0.2) is 43.2 Å². The number of hydrogen-bond donors (Lipinski definition) is 1. The third kappa shape index (κ3) is 6.81. The van der Waals surface area contributed by atoms with Gasteiger partial charge in [-0.1, -0.05) is 18.2 Å². The number of benzene rings is 2. The molecule has 0 aliphatic rings. The van der Waals surface area contributed by atoms with Crippen LogP contribution in [0.25, 0.3) is 16.3 Å². The predicted octanol–water partition coefficient (Wildman–Crippen LogP) is 4.01. The lowest BCUT2D eigenvalue weighted by atomic mass is 10.1. The second kappa shape index (κ2) is 11.9. The summed E-state index contributed by atoms with van der Waals surface area (Å²) in [5.74, 6) is 0.440. The van der Waals surface area contributed by atoms with Gasteiger partial charge in [0.25, 0.3) is 5.91 Å². The maximum atomic E-state index is 12.0. The highest BCUT2D eigenvalue weighted by Gasteiger charge is 2.08. The molecule has 7 nitrogen and oxygen atoms in total. The Labute approximate surface area is 191 Å². The van der Waals surface area contributed by atoms with E-state index in [9.17, 15) is 9.59 Å². The second-order valence-corrected chi connectivity index (χ2v) is 7.77. The topological polar surface area (TPSA) is 86.8 Å². The van der Waals surface area contributed by atoms with Gasteiger partial charge in [-0.25, -0.2) is 9.78 Å². The van der Waals surface area contributed by atoms with E-state index in [1.807, 2.05) is 56.3 Å². The fourth-order valence-electron chi connectivity index (χ4n) is 2.93. The zero-order chi connectivity index (χ0) is 22.8. The van der Waals surface area contributed by atoms with Crippen LogP contribution in [0, 0.1) is 0 Å². The molecule has 0 aliphatic carbocycles. The van der Waals surface area contributed by atoms with Crippen molar-refractivity contribution in [2.75, 3.05) is 26.4 Å². The Bertz CT molecular complexity index is 1060. The van der Waals surface area contributed by atoms with Crippen LogP contribution in [0.2, 0.25) is 0 Å². The van der Waals surface area contributed by atoms with Gasteiger partial charge >= 0.3 is 5.97 Å². The largest absolute Gasteiger partial charge is 0.490 e. The van der Waals surface area contributed by atoms with Gasteiger partial charge < -0.3 is 19.5 Å². The number of para-hydroxylation sites is 1. The molecule has 1 N–H and O–H groups in total. The van der Waals surface area contributed by atoms with Gasteiger partial charge in [0.05, 0.1) is 23.4 Å². The van der Waals surface area contributed by atoms with E-state index in [1.165, 1.54) is 17.4 Å². The van der Waals surface area contributed by atoms with Gasteiger partial charge in [0, 0.05) is 12.6 Å². The quantitative estimate of drug-likeness (QED) is 0.348. The maximum absolute atomic E-state index is 12.0. The van der Waals surface area contributed by atoms with E-state index >= 15 is 0 Å². The van der Waals surface area contributed by atoms with Crippen LogP contribution >= 0.6 is 11.3 Å². The molecule has 0 unspecified atom stereocenters. The summed E-state index contributed by atoms with van der Waals surface area (Å²) in [5.41, 5.74) is 1.89. The van der Waals surface area contributed by atoms with E-state index in [0.29, 0.717) is 42.7 Å². The Morgan fingerprint density at radius 2 is 1.84 bits per heavy atom. The van der Waals surface area contributed by atoms with Crippen LogP contribution in [0.3, 0.4) is 0 Å². The minimum absolute atomic E-state index is 0.337. The highest BCUT2D eigenvalue weighted by Crippen LogP contribution is 2.28. The smallest absolute Gasteiger partial charge is 0.331 e. The van der Waals surface area contributed by atoms with Crippen molar-refractivity contribution in [3.63, 3.8) is 0 Å². The van der Waals surface area contributed by atoms with Gasteiger partial charge in [0.15, 0.2) is 18.1 Å². The number of amides is 1. The Hall–Kier alpha value is -3.39. The number of ether oxygens (including phenoxy) is 3. The van der Waals surface area contributed by atoms with Crippen molar-refractivity contribution in [3.8, 4) is 11.5 Å². The first-order valence-corrected chi connectivity index (χ1v) is 11.3. The molecule has 32 heavy (non-hydrogen) atoms. The molecule has 3 aromatic rings. The number of aromatic nitrogens is 1. The number of hydrogen-bond acceptors (Lipinski definition) is 7. The van der Waals surface area contributed by atoms with Gasteiger partial charge in [0.2, 0.25) is 0 Å². The third-order valence-corrected chi connectivity index (χ3v) is 5.36. The SMILES string of the molecule is CCOc1ccc(CCNC(=O)COC(=O)C=Cc2nc3ccccc3s2)cc1OCC. The van der Waals surface area contributed by atoms with Crippen molar-refractivity contribution in [2.24, 2.45) is 0 Å². The standard InChI is InChI=1S/C24H26N2O5S/c1-3-29-19-10-9-17(15-20(19)30-4-2)13-14-25-22(27)16-31-24(28)12-11-23-26-18-7-5-6-8-21(18)32-23/h5-12,15H,3-4,13-14,16H2,1-2H3,(H,25,27). The van der Waals surface area contributed by atoms with Gasteiger partial charge in [-0.3, -0.25) is 4.79 Å². The highest BCUT2D eigenvalue weighted by atomic mass is 32.1. The molecule has 1 aromatic heterocycles. The van der Waals surface area contributed by atoms with Gasteiger partial charge in [-0.05, 0) is 56.2 Å². The average Bonchev–Trinajstić information content (AvgIpc) is 3.21. The van der Waals surface area contributed by atoms with E-state index in [-0.39, 0.29) is 12.5 Å². The lowest BCUT2D eigenvalue weighted by Crippen LogP contribution is -2.30. The molecule has 0 saturated carbocycles. The number of nitrogens with zero attached hydrogens (tertiary/aromatic N) is 1. The monoisotopic (exact) mass is 454 g/mol. The van der Waals surface area contributed by atoms with E-state index in [1.54, 1.807) is 6.08 Å². The summed E-state index contributed by atoms with van der Waals surface area (Å²) in [6.07, 6.45) is 3.48. The van der Waals surface area contributed by atoms with Gasteiger partial charge in [0.1, 0.15) is 5.01 Å². The molecular weight excluding hydrogens is 428 g/mol. The van der Waals surface area contributed by atoms with Crippen LogP contribution in [-0.2, 0) is 20.7 Å².